The molecule has 1 saturated carbocycles. The highest BCUT2D eigenvalue weighted by Gasteiger charge is 2.23. The van der Waals surface area contributed by atoms with Crippen LogP contribution in [0.2, 0.25) is 0 Å². The van der Waals surface area contributed by atoms with E-state index in [0.717, 1.165) is 51.3 Å². The van der Waals surface area contributed by atoms with Crippen LogP contribution < -0.4 is 10.2 Å². The molecule has 0 bridgehead atoms. The van der Waals surface area contributed by atoms with Gasteiger partial charge < -0.3 is 15.3 Å². The molecule has 2 aliphatic rings. The van der Waals surface area contributed by atoms with Crippen molar-refractivity contribution in [2.75, 3.05) is 11.9 Å². The van der Waals surface area contributed by atoms with Crippen LogP contribution in [0, 0.1) is 0 Å². The number of fused-ring (bicyclic) bond motifs is 1. The molecule has 2 aromatic rings. The van der Waals surface area contributed by atoms with Crippen molar-refractivity contribution < 1.29 is 9.94 Å². The first-order valence-corrected chi connectivity index (χ1v) is 9.96. The van der Waals surface area contributed by atoms with Crippen LogP contribution in [0.4, 0.5) is 5.13 Å². The average Bonchev–Trinajstić information content (AvgIpc) is 2.99. The van der Waals surface area contributed by atoms with Crippen LogP contribution in [-0.4, -0.2) is 40.2 Å². The summed E-state index contributed by atoms with van der Waals surface area (Å²) in [6.45, 7) is 0.622. The van der Waals surface area contributed by atoms with E-state index < -0.39 is 0 Å². The molecule has 6 nitrogen and oxygen atoms in total. The first kappa shape index (κ1) is 16.8. The van der Waals surface area contributed by atoms with E-state index in [1.807, 2.05) is 18.2 Å². The second-order valence-corrected chi connectivity index (χ2v) is 8.31. The Hall–Kier alpha value is -1.64. The lowest BCUT2D eigenvalue weighted by Crippen LogP contribution is -2.36. The van der Waals surface area contributed by atoms with Crippen molar-refractivity contribution in [1.29, 1.82) is 0 Å². The monoisotopic (exact) mass is 422 g/mol. The van der Waals surface area contributed by atoms with E-state index in [1.165, 1.54) is 0 Å². The Morgan fingerprint density at radius 1 is 1.32 bits per heavy atom. The molecule has 0 radical (unpaired) electrons. The lowest BCUT2D eigenvalue weighted by molar-refractivity contribution is 0.0356. The molecular weight excluding hydrogens is 404 g/mol. The Balaban J connectivity index is 1.47. The molecular formula is C17H19BrN4O2S. The Kier molecular flexibility index (Phi) is 4.91. The number of aliphatic imine (C=N–C) groups is 1. The van der Waals surface area contributed by atoms with E-state index in [0.29, 0.717) is 6.54 Å². The topological polar surface area (TPSA) is 70.0 Å². The molecule has 2 heterocycles. The van der Waals surface area contributed by atoms with Crippen molar-refractivity contribution in [2.24, 2.45) is 4.99 Å². The average molecular weight is 423 g/mol. The quantitative estimate of drug-likeness (QED) is 0.781. The number of anilines is 1. The van der Waals surface area contributed by atoms with Gasteiger partial charge in [-0.1, -0.05) is 40.1 Å². The lowest BCUT2D eigenvalue weighted by atomic mass is 9.93. The van der Waals surface area contributed by atoms with Gasteiger partial charge in [0.1, 0.15) is 6.34 Å². The molecule has 1 fully saturated rings. The van der Waals surface area contributed by atoms with E-state index in [4.69, 9.17) is 4.84 Å². The number of halogens is 1. The molecule has 4 rings (SSSR count). The van der Waals surface area contributed by atoms with Crippen LogP contribution in [-0.2, 0) is 0 Å². The minimum absolute atomic E-state index is 0.0960. The van der Waals surface area contributed by atoms with Crippen LogP contribution in [0.3, 0.4) is 0 Å². The first-order valence-electron chi connectivity index (χ1n) is 8.35. The number of hydroxylamine groups is 2. The third-order valence-electron chi connectivity index (χ3n) is 4.34. The van der Waals surface area contributed by atoms with Crippen molar-refractivity contribution in [3.8, 4) is 5.75 Å². The molecule has 1 aromatic carbocycles. The number of hydrogen-bond donors (Lipinski definition) is 2. The summed E-state index contributed by atoms with van der Waals surface area (Å²) in [4.78, 5) is 14.6. The number of benzene rings is 1. The van der Waals surface area contributed by atoms with Crippen LogP contribution in [0.25, 0.3) is 10.2 Å². The SMILES string of the molecule is O[C@@H]1CCCC[C@H]1Nc1nc2ccc(ON3C=NC=C(Br)C3)cc2s1. The summed E-state index contributed by atoms with van der Waals surface area (Å²) < 4.78 is 2.01. The van der Waals surface area contributed by atoms with Crippen LogP contribution in [0.5, 0.6) is 5.75 Å². The summed E-state index contributed by atoms with van der Waals surface area (Å²) in [7, 11) is 0. The zero-order valence-electron chi connectivity index (χ0n) is 13.6. The van der Waals surface area contributed by atoms with E-state index in [1.54, 1.807) is 28.9 Å². The summed E-state index contributed by atoms with van der Waals surface area (Å²) in [5, 5.41) is 16.0. The molecule has 1 aromatic heterocycles. The highest BCUT2D eigenvalue weighted by atomic mass is 79.9. The minimum Gasteiger partial charge on any atom is -0.391 e. The van der Waals surface area contributed by atoms with Crippen LogP contribution >= 0.6 is 27.3 Å². The van der Waals surface area contributed by atoms with E-state index >= 15 is 0 Å². The smallest absolute Gasteiger partial charge is 0.184 e. The van der Waals surface area contributed by atoms with Gasteiger partial charge in [-0.25, -0.2) is 9.98 Å². The molecule has 2 atom stereocenters. The van der Waals surface area contributed by atoms with Gasteiger partial charge in [0, 0.05) is 16.7 Å². The van der Waals surface area contributed by atoms with Crippen molar-refractivity contribution in [3.05, 3.63) is 28.9 Å². The second-order valence-electron chi connectivity index (χ2n) is 6.26. The van der Waals surface area contributed by atoms with Gasteiger partial charge in [-0.3, -0.25) is 0 Å². The normalized spacial score (nSPS) is 23.6. The predicted octanol–water partition coefficient (Wildman–Crippen LogP) is 3.89. The molecule has 0 unspecified atom stereocenters. The van der Waals surface area contributed by atoms with Crippen LogP contribution in [0.1, 0.15) is 25.7 Å². The van der Waals surface area contributed by atoms with Gasteiger partial charge in [0.2, 0.25) is 0 Å². The second kappa shape index (κ2) is 7.31. The molecule has 25 heavy (non-hydrogen) atoms. The fraction of sp³-hybridized carbons (Fsp3) is 0.412. The first-order chi connectivity index (χ1) is 12.2. The summed E-state index contributed by atoms with van der Waals surface area (Å²) in [5.41, 5.74) is 0.929. The van der Waals surface area contributed by atoms with E-state index in [2.05, 4.69) is 31.2 Å². The Labute approximate surface area is 158 Å². The van der Waals surface area contributed by atoms with Gasteiger partial charge in [0.15, 0.2) is 10.9 Å². The van der Waals surface area contributed by atoms with Gasteiger partial charge in [0.05, 0.1) is 28.9 Å². The van der Waals surface area contributed by atoms with Gasteiger partial charge in [-0.05, 0) is 25.0 Å². The van der Waals surface area contributed by atoms with Gasteiger partial charge in [-0.15, -0.1) is 0 Å². The predicted molar refractivity (Wildman–Crippen MR) is 104 cm³/mol. The molecule has 132 valence electrons. The maximum Gasteiger partial charge on any atom is 0.184 e. The zero-order valence-corrected chi connectivity index (χ0v) is 16.0. The Morgan fingerprint density at radius 2 is 2.20 bits per heavy atom. The molecule has 0 saturated heterocycles. The van der Waals surface area contributed by atoms with E-state index in [-0.39, 0.29) is 12.1 Å². The molecule has 1 aliphatic heterocycles. The lowest BCUT2D eigenvalue weighted by Gasteiger charge is -2.27. The number of thiazole rings is 1. The number of hydrogen-bond acceptors (Lipinski definition) is 7. The Morgan fingerprint density at radius 3 is 3.04 bits per heavy atom. The molecule has 1 aliphatic carbocycles. The summed E-state index contributed by atoms with van der Waals surface area (Å²) in [6, 6.07) is 5.94. The standard InChI is InChI=1S/C17H19BrN4O2S/c18-11-8-19-10-22(9-11)24-12-5-6-14-16(7-12)25-17(21-14)20-13-3-1-2-4-15(13)23/h5-8,10,13,15,23H,1-4,9H2,(H,20,21)/t13-,15-/m1/s1. The number of nitrogens with zero attached hydrogens (tertiary/aromatic N) is 3. The number of aliphatic hydroxyl groups excluding tert-OH is 1. The van der Waals surface area contributed by atoms with Crippen molar-refractivity contribution in [1.82, 2.24) is 10.0 Å². The Bertz CT molecular complexity index is 822. The van der Waals surface area contributed by atoms with Crippen molar-refractivity contribution in [3.63, 3.8) is 0 Å². The largest absolute Gasteiger partial charge is 0.391 e. The van der Waals surface area contributed by atoms with E-state index in [9.17, 15) is 5.11 Å². The minimum atomic E-state index is -0.287. The third-order valence-corrected chi connectivity index (χ3v) is 5.74. The summed E-state index contributed by atoms with van der Waals surface area (Å²) >= 11 is 5.01. The van der Waals surface area contributed by atoms with Gasteiger partial charge in [-0.2, -0.15) is 5.06 Å². The number of nitrogens with one attached hydrogen (secondary N) is 1. The zero-order chi connectivity index (χ0) is 17.2. The number of aliphatic hydroxyl groups is 1. The number of aromatic nitrogens is 1. The van der Waals surface area contributed by atoms with Gasteiger partial charge in [0.25, 0.3) is 0 Å². The molecule has 0 spiro atoms. The highest BCUT2D eigenvalue weighted by molar-refractivity contribution is 9.11. The fourth-order valence-corrected chi connectivity index (χ4v) is 4.39. The number of rotatable bonds is 4. The van der Waals surface area contributed by atoms with Crippen LogP contribution in [0.15, 0.2) is 33.9 Å². The van der Waals surface area contributed by atoms with Crippen molar-refractivity contribution >= 4 is 49.0 Å². The summed E-state index contributed by atoms with van der Waals surface area (Å²) in [5.74, 6) is 0.744. The maximum absolute atomic E-state index is 10.1. The maximum atomic E-state index is 10.1. The summed E-state index contributed by atoms with van der Waals surface area (Å²) in [6.07, 6.45) is 7.22. The molecule has 0 amide bonds. The molecule has 2 N–H and O–H groups in total. The fourth-order valence-electron chi connectivity index (χ4n) is 3.07. The molecule has 8 heteroatoms. The third kappa shape index (κ3) is 3.96. The van der Waals surface area contributed by atoms with Gasteiger partial charge >= 0.3 is 0 Å². The van der Waals surface area contributed by atoms with Crippen molar-refractivity contribution in [2.45, 2.75) is 37.8 Å². The highest BCUT2D eigenvalue weighted by Crippen LogP contribution is 2.31.